The molecule has 2 N–H and O–H groups in total. The summed E-state index contributed by atoms with van der Waals surface area (Å²) in [5.74, 6) is 0.184. The van der Waals surface area contributed by atoms with Crippen molar-refractivity contribution in [2.45, 2.75) is 50.7 Å². The number of ether oxygens (including phenoxy) is 1. The molecule has 4 nitrogen and oxygen atoms in total. The Morgan fingerprint density at radius 3 is 3.00 bits per heavy atom. The molecule has 2 heterocycles. The van der Waals surface area contributed by atoms with Crippen molar-refractivity contribution in [2.24, 2.45) is 0 Å². The summed E-state index contributed by atoms with van der Waals surface area (Å²) in [6.07, 6.45) is 6.37. The van der Waals surface area contributed by atoms with Gasteiger partial charge in [-0.3, -0.25) is 4.79 Å². The molecule has 4 heteroatoms. The zero-order chi connectivity index (χ0) is 11.2. The lowest BCUT2D eigenvalue weighted by atomic mass is 10.1. The van der Waals surface area contributed by atoms with Gasteiger partial charge in [0.05, 0.1) is 6.10 Å². The molecule has 0 saturated carbocycles. The molecule has 2 atom stereocenters. The lowest BCUT2D eigenvalue weighted by Gasteiger charge is -2.24. The van der Waals surface area contributed by atoms with Crippen LogP contribution in [0.3, 0.4) is 0 Å². The molecule has 0 aliphatic carbocycles. The fraction of sp³-hybridized carbons (Fsp3) is 0.917. The molecule has 1 unspecified atom stereocenters. The maximum Gasteiger partial charge on any atom is 0.220 e. The number of amides is 1. The standard InChI is InChI=1S/C12H22N2O2/c15-12(6-5-11-4-2-8-16-11)14-10-3-1-7-13-9-10/h10-11,13H,1-9H2,(H,14,15)/t10-,11?/m0/s1. The van der Waals surface area contributed by atoms with E-state index in [0.717, 1.165) is 51.8 Å². The predicted molar refractivity (Wildman–Crippen MR) is 62.2 cm³/mol. The first-order valence-electron chi connectivity index (χ1n) is 6.46. The maximum absolute atomic E-state index is 11.7. The number of rotatable bonds is 4. The second kappa shape index (κ2) is 6.21. The largest absolute Gasteiger partial charge is 0.378 e. The van der Waals surface area contributed by atoms with Gasteiger partial charge in [-0.2, -0.15) is 0 Å². The molecule has 2 aliphatic heterocycles. The van der Waals surface area contributed by atoms with Gasteiger partial charge in [-0.1, -0.05) is 0 Å². The third-order valence-electron chi connectivity index (χ3n) is 3.38. The average Bonchev–Trinajstić information content (AvgIpc) is 2.81. The fourth-order valence-corrected chi connectivity index (χ4v) is 2.44. The minimum atomic E-state index is 0.184. The SMILES string of the molecule is O=C(CCC1CCCO1)N[C@H]1CCCNC1. The van der Waals surface area contributed by atoms with E-state index in [-0.39, 0.29) is 5.91 Å². The topological polar surface area (TPSA) is 50.4 Å². The molecule has 16 heavy (non-hydrogen) atoms. The molecule has 0 bridgehead atoms. The van der Waals surface area contributed by atoms with Crippen LogP contribution in [0.15, 0.2) is 0 Å². The van der Waals surface area contributed by atoms with Crippen molar-refractivity contribution in [3.8, 4) is 0 Å². The van der Waals surface area contributed by atoms with Gasteiger partial charge < -0.3 is 15.4 Å². The summed E-state index contributed by atoms with van der Waals surface area (Å²) in [7, 11) is 0. The summed E-state index contributed by atoms with van der Waals surface area (Å²) in [5.41, 5.74) is 0. The smallest absolute Gasteiger partial charge is 0.220 e. The molecule has 2 saturated heterocycles. The Balaban J connectivity index is 1.59. The van der Waals surface area contributed by atoms with Crippen molar-refractivity contribution in [1.29, 1.82) is 0 Å². The van der Waals surface area contributed by atoms with E-state index in [1.165, 1.54) is 0 Å². The van der Waals surface area contributed by atoms with Gasteiger partial charge in [0, 0.05) is 25.6 Å². The van der Waals surface area contributed by atoms with E-state index in [2.05, 4.69) is 10.6 Å². The highest BCUT2D eigenvalue weighted by Gasteiger charge is 2.19. The highest BCUT2D eigenvalue weighted by atomic mass is 16.5. The van der Waals surface area contributed by atoms with Crippen molar-refractivity contribution < 1.29 is 9.53 Å². The minimum Gasteiger partial charge on any atom is -0.378 e. The van der Waals surface area contributed by atoms with E-state index < -0.39 is 0 Å². The Hall–Kier alpha value is -0.610. The van der Waals surface area contributed by atoms with Crippen LogP contribution >= 0.6 is 0 Å². The van der Waals surface area contributed by atoms with Crippen molar-refractivity contribution >= 4 is 5.91 Å². The lowest BCUT2D eigenvalue weighted by Crippen LogP contribution is -2.45. The van der Waals surface area contributed by atoms with Gasteiger partial charge in [0.2, 0.25) is 5.91 Å². The molecule has 0 radical (unpaired) electrons. The third kappa shape index (κ3) is 3.76. The van der Waals surface area contributed by atoms with Gasteiger partial charge in [-0.15, -0.1) is 0 Å². The Bertz CT molecular complexity index is 221. The quantitative estimate of drug-likeness (QED) is 0.746. The van der Waals surface area contributed by atoms with E-state index in [1.54, 1.807) is 0 Å². The normalized spacial score (nSPS) is 30.2. The molecule has 0 aromatic rings. The van der Waals surface area contributed by atoms with E-state index >= 15 is 0 Å². The number of hydrogen-bond donors (Lipinski definition) is 2. The van der Waals surface area contributed by atoms with Crippen LogP contribution in [0.25, 0.3) is 0 Å². The van der Waals surface area contributed by atoms with Gasteiger partial charge >= 0.3 is 0 Å². The van der Waals surface area contributed by atoms with Crippen LogP contribution in [0.5, 0.6) is 0 Å². The van der Waals surface area contributed by atoms with E-state index in [4.69, 9.17) is 4.74 Å². The summed E-state index contributed by atoms with van der Waals surface area (Å²) in [6.45, 7) is 2.88. The molecule has 1 amide bonds. The first-order chi connectivity index (χ1) is 7.84. The highest BCUT2D eigenvalue weighted by molar-refractivity contribution is 5.76. The zero-order valence-corrected chi connectivity index (χ0v) is 9.84. The van der Waals surface area contributed by atoms with Crippen LogP contribution in [-0.4, -0.2) is 37.7 Å². The van der Waals surface area contributed by atoms with E-state index in [0.29, 0.717) is 18.6 Å². The molecule has 0 spiro atoms. The van der Waals surface area contributed by atoms with E-state index in [1.807, 2.05) is 0 Å². The van der Waals surface area contributed by atoms with Gasteiger partial charge in [-0.25, -0.2) is 0 Å². The van der Waals surface area contributed by atoms with Gasteiger partial charge in [-0.05, 0) is 38.6 Å². The molecule has 2 fully saturated rings. The monoisotopic (exact) mass is 226 g/mol. The second-order valence-corrected chi connectivity index (χ2v) is 4.78. The van der Waals surface area contributed by atoms with Crippen molar-refractivity contribution in [2.75, 3.05) is 19.7 Å². The van der Waals surface area contributed by atoms with Crippen LogP contribution < -0.4 is 10.6 Å². The van der Waals surface area contributed by atoms with Gasteiger partial charge in [0.15, 0.2) is 0 Å². The second-order valence-electron chi connectivity index (χ2n) is 4.78. The Morgan fingerprint density at radius 1 is 1.38 bits per heavy atom. The zero-order valence-electron chi connectivity index (χ0n) is 9.84. The fourth-order valence-electron chi connectivity index (χ4n) is 2.44. The summed E-state index contributed by atoms with van der Waals surface area (Å²) >= 11 is 0. The molecule has 92 valence electrons. The number of carbonyl (C=O) groups is 1. The molecule has 0 aromatic carbocycles. The van der Waals surface area contributed by atoms with Crippen LogP contribution in [0.2, 0.25) is 0 Å². The third-order valence-corrected chi connectivity index (χ3v) is 3.38. The number of hydrogen-bond acceptors (Lipinski definition) is 3. The Labute approximate surface area is 97.1 Å². The van der Waals surface area contributed by atoms with Crippen molar-refractivity contribution in [3.63, 3.8) is 0 Å². The number of piperidine rings is 1. The predicted octanol–water partition coefficient (Wildman–Crippen LogP) is 0.814. The van der Waals surface area contributed by atoms with Gasteiger partial charge in [0.1, 0.15) is 0 Å². The molecule has 0 aromatic heterocycles. The Kier molecular flexibility index (Phi) is 4.60. The molecule has 2 rings (SSSR count). The summed E-state index contributed by atoms with van der Waals surface area (Å²) < 4.78 is 5.50. The van der Waals surface area contributed by atoms with Crippen LogP contribution in [0.4, 0.5) is 0 Å². The number of nitrogens with one attached hydrogen (secondary N) is 2. The van der Waals surface area contributed by atoms with E-state index in [9.17, 15) is 4.79 Å². The van der Waals surface area contributed by atoms with Crippen LogP contribution in [-0.2, 0) is 9.53 Å². The summed E-state index contributed by atoms with van der Waals surface area (Å²) in [6, 6.07) is 0.339. The first kappa shape index (κ1) is 11.9. The maximum atomic E-state index is 11.7. The Morgan fingerprint density at radius 2 is 2.31 bits per heavy atom. The summed E-state index contributed by atoms with van der Waals surface area (Å²) in [4.78, 5) is 11.7. The van der Waals surface area contributed by atoms with Crippen LogP contribution in [0.1, 0.15) is 38.5 Å². The van der Waals surface area contributed by atoms with Crippen molar-refractivity contribution in [3.05, 3.63) is 0 Å². The van der Waals surface area contributed by atoms with Gasteiger partial charge in [0.25, 0.3) is 0 Å². The van der Waals surface area contributed by atoms with Crippen LogP contribution in [0, 0.1) is 0 Å². The minimum absolute atomic E-state index is 0.184. The summed E-state index contributed by atoms with van der Waals surface area (Å²) in [5, 5.41) is 6.38. The molecule has 2 aliphatic rings. The first-order valence-corrected chi connectivity index (χ1v) is 6.46. The number of carbonyl (C=O) groups excluding carboxylic acids is 1. The molecular formula is C12H22N2O2. The lowest BCUT2D eigenvalue weighted by molar-refractivity contribution is -0.122. The highest BCUT2D eigenvalue weighted by Crippen LogP contribution is 2.16. The van der Waals surface area contributed by atoms with Crippen molar-refractivity contribution in [1.82, 2.24) is 10.6 Å². The average molecular weight is 226 g/mol. The molecular weight excluding hydrogens is 204 g/mol.